The molecule has 0 aliphatic heterocycles. The number of ether oxygens (including phenoxy) is 1. The number of nitrogens with zero attached hydrogens (tertiary/aromatic N) is 2. The monoisotopic (exact) mass is 421 g/mol. The molecule has 0 aliphatic carbocycles. The van der Waals surface area contributed by atoms with Gasteiger partial charge < -0.3 is 19.5 Å². The Balaban J connectivity index is 1.81. The van der Waals surface area contributed by atoms with Crippen molar-refractivity contribution in [3.8, 4) is 11.3 Å². The van der Waals surface area contributed by atoms with Crippen molar-refractivity contribution in [3.05, 3.63) is 77.0 Å². The fourth-order valence-electron chi connectivity index (χ4n) is 3.19. The van der Waals surface area contributed by atoms with Gasteiger partial charge in [0.05, 0.1) is 6.61 Å². The zero-order chi connectivity index (χ0) is 22.2. The van der Waals surface area contributed by atoms with Gasteiger partial charge in [0.1, 0.15) is 6.54 Å². The van der Waals surface area contributed by atoms with E-state index in [1.54, 1.807) is 13.2 Å². The molecule has 1 N–H and O–H groups in total. The highest BCUT2D eigenvalue weighted by Gasteiger charge is 2.23. The molecule has 0 saturated carbocycles. The van der Waals surface area contributed by atoms with Gasteiger partial charge in [-0.2, -0.15) is 0 Å². The first-order valence-corrected chi connectivity index (χ1v) is 10.1. The molecule has 7 heteroatoms. The lowest BCUT2D eigenvalue weighted by molar-refractivity contribution is -0.122. The van der Waals surface area contributed by atoms with Crippen LogP contribution in [0.1, 0.15) is 27.2 Å². The molecule has 0 spiro atoms. The van der Waals surface area contributed by atoms with E-state index in [1.165, 1.54) is 4.90 Å². The average Bonchev–Trinajstić information content (AvgIpc) is 3.25. The molecular weight excluding hydrogens is 394 g/mol. The third-order valence-electron chi connectivity index (χ3n) is 4.85. The molecule has 1 heterocycles. The molecule has 0 saturated heterocycles. The van der Waals surface area contributed by atoms with E-state index in [0.29, 0.717) is 18.9 Å². The first-order valence-electron chi connectivity index (χ1n) is 10.1. The van der Waals surface area contributed by atoms with Crippen molar-refractivity contribution in [1.82, 2.24) is 15.4 Å². The predicted molar refractivity (Wildman–Crippen MR) is 117 cm³/mol. The minimum absolute atomic E-state index is 0.0941. The van der Waals surface area contributed by atoms with E-state index in [0.717, 1.165) is 22.3 Å². The number of rotatable bonds is 9. The first kappa shape index (κ1) is 22.2. The number of aryl methyl sites for hydroxylation is 2. The van der Waals surface area contributed by atoms with Crippen LogP contribution in [0.5, 0.6) is 0 Å². The zero-order valence-electron chi connectivity index (χ0n) is 18.1. The highest BCUT2D eigenvalue weighted by Crippen LogP contribution is 2.26. The summed E-state index contributed by atoms with van der Waals surface area (Å²) < 4.78 is 10.4. The Morgan fingerprint density at radius 1 is 1.10 bits per heavy atom. The van der Waals surface area contributed by atoms with Gasteiger partial charge in [0.15, 0.2) is 11.5 Å². The normalized spacial score (nSPS) is 10.7. The lowest BCUT2D eigenvalue weighted by Crippen LogP contribution is -2.41. The molecule has 7 nitrogen and oxygen atoms in total. The summed E-state index contributed by atoms with van der Waals surface area (Å²) >= 11 is 0. The summed E-state index contributed by atoms with van der Waals surface area (Å²) in [5, 5.41) is 6.74. The van der Waals surface area contributed by atoms with E-state index in [1.807, 2.05) is 62.4 Å². The van der Waals surface area contributed by atoms with Crippen LogP contribution in [0.2, 0.25) is 0 Å². The molecule has 3 rings (SSSR count). The topological polar surface area (TPSA) is 84.7 Å². The fraction of sp³-hybridized carbons (Fsp3) is 0.292. The molecular formula is C24H27N3O4. The summed E-state index contributed by atoms with van der Waals surface area (Å²) in [6, 6.07) is 17.2. The Morgan fingerprint density at radius 2 is 1.87 bits per heavy atom. The standard InChI is InChI=1S/C24H27N3O4/c1-17-9-10-18(2)20(13-17)22-14-21(26-31-22)24(29)27(15-19-7-5-4-6-8-19)16-23(28)25-11-12-30-3/h4-10,13-14H,11-12,15-16H2,1-3H3,(H,25,28). The van der Waals surface area contributed by atoms with E-state index >= 15 is 0 Å². The number of aromatic nitrogens is 1. The smallest absolute Gasteiger partial charge is 0.276 e. The van der Waals surface area contributed by atoms with Gasteiger partial charge in [-0.15, -0.1) is 0 Å². The number of benzene rings is 2. The molecule has 162 valence electrons. The zero-order valence-corrected chi connectivity index (χ0v) is 18.1. The number of carbonyl (C=O) groups is 2. The summed E-state index contributed by atoms with van der Waals surface area (Å²) in [5.74, 6) is -0.112. The number of hydrogen-bond donors (Lipinski definition) is 1. The van der Waals surface area contributed by atoms with Crippen LogP contribution >= 0.6 is 0 Å². The Kier molecular flexibility index (Phi) is 7.56. The summed E-state index contributed by atoms with van der Waals surface area (Å²) in [4.78, 5) is 27.0. The maximum atomic E-state index is 13.2. The molecule has 2 aromatic carbocycles. The molecule has 2 amide bonds. The number of nitrogens with one attached hydrogen (secondary N) is 1. The summed E-state index contributed by atoms with van der Waals surface area (Å²) in [5.41, 5.74) is 4.08. The third-order valence-corrected chi connectivity index (χ3v) is 4.85. The Labute approximate surface area is 182 Å². The number of hydrogen-bond acceptors (Lipinski definition) is 5. The van der Waals surface area contributed by atoms with Crippen molar-refractivity contribution in [1.29, 1.82) is 0 Å². The quantitative estimate of drug-likeness (QED) is 0.536. The van der Waals surface area contributed by atoms with Crippen molar-refractivity contribution in [2.45, 2.75) is 20.4 Å². The molecule has 0 fully saturated rings. The fourth-order valence-corrected chi connectivity index (χ4v) is 3.19. The average molecular weight is 421 g/mol. The number of methoxy groups -OCH3 is 1. The van der Waals surface area contributed by atoms with Crippen LogP contribution in [-0.2, 0) is 16.1 Å². The Morgan fingerprint density at radius 3 is 2.61 bits per heavy atom. The molecule has 0 aliphatic rings. The molecule has 0 radical (unpaired) electrons. The van der Waals surface area contributed by atoms with Gasteiger partial charge >= 0.3 is 0 Å². The summed E-state index contributed by atoms with van der Waals surface area (Å²) in [6.07, 6.45) is 0. The minimum atomic E-state index is -0.369. The molecule has 0 bridgehead atoms. The van der Waals surface area contributed by atoms with E-state index in [-0.39, 0.29) is 30.6 Å². The minimum Gasteiger partial charge on any atom is -0.383 e. The maximum absolute atomic E-state index is 13.2. The van der Waals surface area contributed by atoms with Crippen molar-refractivity contribution >= 4 is 11.8 Å². The van der Waals surface area contributed by atoms with E-state index in [9.17, 15) is 9.59 Å². The first-order chi connectivity index (χ1) is 15.0. The largest absolute Gasteiger partial charge is 0.383 e. The van der Waals surface area contributed by atoms with Crippen molar-refractivity contribution in [2.24, 2.45) is 0 Å². The van der Waals surface area contributed by atoms with Gasteiger partial charge in [-0.1, -0.05) is 53.2 Å². The van der Waals surface area contributed by atoms with E-state index in [4.69, 9.17) is 9.26 Å². The molecule has 0 atom stereocenters. The molecule has 0 unspecified atom stereocenters. The molecule has 3 aromatic rings. The van der Waals surface area contributed by atoms with Gasteiger partial charge in [-0.25, -0.2) is 0 Å². The Hall–Kier alpha value is -3.45. The highest BCUT2D eigenvalue weighted by atomic mass is 16.5. The SMILES string of the molecule is COCCNC(=O)CN(Cc1ccccc1)C(=O)c1cc(-c2cc(C)ccc2C)on1. The summed E-state index contributed by atoms with van der Waals surface area (Å²) in [6.45, 7) is 4.94. The van der Waals surface area contributed by atoms with Crippen LogP contribution in [-0.4, -0.2) is 48.7 Å². The van der Waals surface area contributed by atoms with Crippen LogP contribution in [0.25, 0.3) is 11.3 Å². The maximum Gasteiger partial charge on any atom is 0.276 e. The van der Waals surface area contributed by atoms with Crippen LogP contribution < -0.4 is 5.32 Å². The predicted octanol–water partition coefficient (Wildman–Crippen LogP) is 3.36. The van der Waals surface area contributed by atoms with Crippen LogP contribution in [0.3, 0.4) is 0 Å². The van der Waals surface area contributed by atoms with Crippen LogP contribution in [0.4, 0.5) is 0 Å². The van der Waals surface area contributed by atoms with Gasteiger partial charge in [0.25, 0.3) is 5.91 Å². The second-order valence-electron chi connectivity index (χ2n) is 7.38. The lowest BCUT2D eigenvalue weighted by Gasteiger charge is -2.21. The lowest BCUT2D eigenvalue weighted by atomic mass is 10.0. The second-order valence-corrected chi connectivity index (χ2v) is 7.38. The van der Waals surface area contributed by atoms with Gasteiger partial charge in [0, 0.05) is 31.8 Å². The third kappa shape index (κ3) is 6.02. The van der Waals surface area contributed by atoms with Crippen molar-refractivity contribution in [3.63, 3.8) is 0 Å². The van der Waals surface area contributed by atoms with E-state index in [2.05, 4.69) is 10.5 Å². The van der Waals surface area contributed by atoms with Crippen molar-refractivity contribution in [2.75, 3.05) is 26.8 Å². The second kappa shape index (κ2) is 10.5. The van der Waals surface area contributed by atoms with Gasteiger partial charge in [-0.3, -0.25) is 9.59 Å². The van der Waals surface area contributed by atoms with Gasteiger partial charge in [-0.05, 0) is 31.0 Å². The highest BCUT2D eigenvalue weighted by molar-refractivity contribution is 5.95. The van der Waals surface area contributed by atoms with Gasteiger partial charge in [0.2, 0.25) is 5.91 Å². The number of carbonyl (C=O) groups excluding carboxylic acids is 2. The van der Waals surface area contributed by atoms with Crippen LogP contribution in [0.15, 0.2) is 59.1 Å². The van der Waals surface area contributed by atoms with Crippen LogP contribution in [0, 0.1) is 13.8 Å². The van der Waals surface area contributed by atoms with Crippen molar-refractivity contribution < 1.29 is 18.8 Å². The number of amides is 2. The molecule has 31 heavy (non-hydrogen) atoms. The molecule has 1 aromatic heterocycles. The Bertz CT molecular complexity index is 1030. The van der Waals surface area contributed by atoms with E-state index < -0.39 is 0 Å². The summed E-state index contributed by atoms with van der Waals surface area (Å²) in [7, 11) is 1.56.